The topological polar surface area (TPSA) is 75.5 Å². The lowest BCUT2D eigenvalue weighted by Crippen LogP contribution is -2.30. The predicted molar refractivity (Wildman–Crippen MR) is 98.6 cm³/mol. The van der Waals surface area contributed by atoms with Gasteiger partial charge in [0, 0.05) is 35.8 Å². The van der Waals surface area contributed by atoms with E-state index in [9.17, 15) is 14.9 Å². The lowest BCUT2D eigenvalue weighted by Gasteiger charge is -2.30. The molecule has 1 aliphatic rings. The molecule has 130 valence electrons. The van der Waals surface area contributed by atoms with Crippen LogP contribution >= 0.6 is 11.6 Å². The summed E-state index contributed by atoms with van der Waals surface area (Å²) < 4.78 is 0. The van der Waals surface area contributed by atoms with Gasteiger partial charge in [0.15, 0.2) is 0 Å². The number of halogens is 1. The molecule has 1 amide bonds. The van der Waals surface area contributed by atoms with Crippen molar-refractivity contribution in [3.05, 3.63) is 63.2 Å². The number of hydrogen-bond acceptors (Lipinski definition) is 4. The highest BCUT2D eigenvalue weighted by atomic mass is 35.5. The first-order chi connectivity index (χ1) is 12.0. The minimum absolute atomic E-state index is 0.0479. The maximum absolute atomic E-state index is 12.5. The van der Waals surface area contributed by atoms with Crippen LogP contribution in [0.1, 0.15) is 29.6 Å². The molecule has 6 nitrogen and oxygen atoms in total. The molecule has 1 heterocycles. The van der Waals surface area contributed by atoms with Gasteiger partial charge in [0.2, 0.25) is 0 Å². The van der Waals surface area contributed by atoms with Gasteiger partial charge in [-0.1, -0.05) is 11.6 Å². The summed E-state index contributed by atoms with van der Waals surface area (Å²) in [5.74, 6) is -0.324. The van der Waals surface area contributed by atoms with E-state index in [1.54, 1.807) is 6.07 Å². The van der Waals surface area contributed by atoms with Crippen LogP contribution in [-0.2, 0) is 0 Å². The molecular formula is C18H18ClN3O3. The molecule has 0 aliphatic carbocycles. The summed E-state index contributed by atoms with van der Waals surface area (Å²) in [6.45, 7) is 1.89. The fourth-order valence-corrected chi connectivity index (χ4v) is 3.12. The lowest BCUT2D eigenvalue weighted by atomic mass is 10.1. The van der Waals surface area contributed by atoms with E-state index in [1.165, 1.54) is 30.7 Å². The van der Waals surface area contributed by atoms with E-state index in [2.05, 4.69) is 10.2 Å². The summed E-state index contributed by atoms with van der Waals surface area (Å²) in [5, 5.41) is 14.1. The smallest absolute Gasteiger partial charge is 0.269 e. The first kappa shape index (κ1) is 17.2. The zero-order valence-electron chi connectivity index (χ0n) is 13.6. The summed E-state index contributed by atoms with van der Waals surface area (Å²) in [6.07, 6.45) is 3.46. The van der Waals surface area contributed by atoms with E-state index < -0.39 is 4.92 Å². The summed E-state index contributed by atoms with van der Waals surface area (Å²) in [4.78, 5) is 25.0. The summed E-state index contributed by atoms with van der Waals surface area (Å²) in [6, 6.07) is 11.0. The molecule has 25 heavy (non-hydrogen) atoms. The van der Waals surface area contributed by atoms with Gasteiger partial charge in [0.25, 0.3) is 11.6 Å². The molecule has 1 fully saturated rings. The van der Waals surface area contributed by atoms with Crippen molar-refractivity contribution in [2.24, 2.45) is 0 Å². The van der Waals surface area contributed by atoms with Crippen LogP contribution in [0.3, 0.4) is 0 Å². The van der Waals surface area contributed by atoms with Crippen LogP contribution in [-0.4, -0.2) is 23.9 Å². The van der Waals surface area contributed by atoms with Crippen LogP contribution in [0.25, 0.3) is 0 Å². The molecule has 0 radical (unpaired) electrons. The third-order valence-corrected chi connectivity index (χ3v) is 4.48. The number of rotatable bonds is 4. The van der Waals surface area contributed by atoms with E-state index >= 15 is 0 Å². The van der Waals surface area contributed by atoms with Crippen LogP contribution in [0.15, 0.2) is 42.5 Å². The monoisotopic (exact) mass is 359 g/mol. The van der Waals surface area contributed by atoms with Gasteiger partial charge in [0.1, 0.15) is 0 Å². The van der Waals surface area contributed by atoms with Gasteiger partial charge in [0.05, 0.1) is 16.3 Å². The van der Waals surface area contributed by atoms with Crippen molar-refractivity contribution in [1.29, 1.82) is 0 Å². The number of benzene rings is 2. The molecule has 1 saturated heterocycles. The Hall–Kier alpha value is -2.60. The number of anilines is 2. The quantitative estimate of drug-likeness (QED) is 0.644. The number of nitrogens with zero attached hydrogens (tertiary/aromatic N) is 2. The van der Waals surface area contributed by atoms with E-state index in [0.717, 1.165) is 31.6 Å². The van der Waals surface area contributed by atoms with Gasteiger partial charge in [-0.15, -0.1) is 0 Å². The van der Waals surface area contributed by atoms with Crippen molar-refractivity contribution in [2.75, 3.05) is 23.3 Å². The van der Waals surface area contributed by atoms with Gasteiger partial charge in [-0.3, -0.25) is 14.9 Å². The standard InChI is InChI=1S/C18H18ClN3O3/c19-14-6-9-17(21-10-2-1-3-11-21)16(12-14)20-18(23)13-4-7-15(8-5-13)22(24)25/h4-9,12H,1-3,10-11H2,(H,20,23). The number of piperidine rings is 1. The largest absolute Gasteiger partial charge is 0.370 e. The summed E-state index contributed by atoms with van der Waals surface area (Å²) in [5.41, 5.74) is 1.90. The van der Waals surface area contributed by atoms with Crippen LogP contribution in [0.5, 0.6) is 0 Å². The Bertz CT molecular complexity index is 787. The van der Waals surface area contributed by atoms with E-state index in [4.69, 9.17) is 11.6 Å². The predicted octanol–water partition coefficient (Wildman–Crippen LogP) is 4.49. The molecule has 2 aromatic rings. The van der Waals surface area contributed by atoms with Crippen molar-refractivity contribution in [3.63, 3.8) is 0 Å². The highest BCUT2D eigenvalue weighted by molar-refractivity contribution is 6.31. The van der Waals surface area contributed by atoms with Crippen molar-refractivity contribution in [1.82, 2.24) is 0 Å². The maximum Gasteiger partial charge on any atom is 0.269 e. The van der Waals surface area contributed by atoms with E-state index in [0.29, 0.717) is 16.3 Å². The Kier molecular flexibility index (Phi) is 5.19. The normalized spacial score (nSPS) is 14.2. The average molecular weight is 360 g/mol. The zero-order valence-corrected chi connectivity index (χ0v) is 14.3. The summed E-state index contributed by atoms with van der Waals surface area (Å²) in [7, 11) is 0. The molecule has 2 aromatic carbocycles. The fraction of sp³-hybridized carbons (Fsp3) is 0.278. The highest BCUT2D eigenvalue weighted by Gasteiger charge is 2.17. The maximum atomic E-state index is 12.5. The number of hydrogen-bond donors (Lipinski definition) is 1. The Morgan fingerprint density at radius 3 is 2.40 bits per heavy atom. The second kappa shape index (κ2) is 7.53. The molecule has 0 aromatic heterocycles. The molecule has 0 spiro atoms. The minimum Gasteiger partial charge on any atom is -0.370 e. The van der Waals surface area contributed by atoms with E-state index in [1.807, 2.05) is 12.1 Å². The molecule has 0 unspecified atom stereocenters. The number of nitrogens with one attached hydrogen (secondary N) is 1. The third-order valence-electron chi connectivity index (χ3n) is 4.24. The molecule has 0 saturated carbocycles. The molecule has 1 aliphatic heterocycles. The summed E-state index contributed by atoms with van der Waals surface area (Å²) >= 11 is 6.10. The number of carbonyl (C=O) groups is 1. The van der Waals surface area contributed by atoms with E-state index in [-0.39, 0.29) is 11.6 Å². The van der Waals surface area contributed by atoms with Crippen molar-refractivity contribution < 1.29 is 9.72 Å². The first-order valence-corrected chi connectivity index (χ1v) is 8.53. The van der Waals surface area contributed by atoms with Gasteiger partial charge in [-0.25, -0.2) is 0 Å². The molecule has 0 atom stereocenters. The first-order valence-electron chi connectivity index (χ1n) is 8.15. The highest BCUT2D eigenvalue weighted by Crippen LogP contribution is 2.31. The van der Waals surface area contributed by atoms with Gasteiger partial charge in [-0.05, 0) is 49.6 Å². The molecular weight excluding hydrogens is 342 g/mol. The Morgan fingerprint density at radius 2 is 1.76 bits per heavy atom. The van der Waals surface area contributed by atoms with Crippen molar-refractivity contribution in [3.8, 4) is 0 Å². The molecule has 3 rings (SSSR count). The lowest BCUT2D eigenvalue weighted by molar-refractivity contribution is -0.384. The van der Waals surface area contributed by atoms with Crippen molar-refractivity contribution in [2.45, 2.75) is 19.3 Å². The number of nitro groups is 1. The Morgan fingerprint density at radius 1 is 1.08 bits per heavy atom. The SMILES string of the molecule is O=C(Nc1cc(Cl)ccc1N1CCCCC1)c1ccc([N+](=O)[O-])cc1. The number of nitro benzene ring substituents is 1. The van der Waals surface area contributed by atoms with Gasteiger partial charge < -0.3 is 10.2 Å². The van der Waals surface area contributed by atoms with Gasteiger partial charge in [-0.2, -0.15) is 0 Å². The Balaban J connectivity index is 1.82. The number of amides is 1. The fourth-order valence-electron chi connectivity index (χ4n) is 2.95. The molecule has 0 bridgehead atoms. The third kappa shape index (κ3) is 4.09. The van der Waals surface area contributed by atoms with Crippen molar-refractivity contribution >= 4 is 34.6 Å². The average Bonchev–Trinajstić information content (AvgIpc) is 2.62. The zero-order chi connectivity index (χ0) is 17.8. The van der Waals surface area contributed by atoms with Crippen LogP contribution in [0.2, 0.25) is 5.02 Å². The Labute approximate surface area is 150 Å². The minimum atomic E-state index is -0.493. The molecule has 7 heteroatoms. The van der Waals surface area contributed by atoms with Crippen LogP contribution in [0, 0.1) is 10.1 Å². The van der Waals surface area contributed by atoms with Crippen LogP contribution < -0.4 is 10.2 Å². The number of carbonyl (C=O) groups excluding carboxylic acids is 1. The number of non-ortho nitro benzene ring substituents is 1. The molecule has 1 N–H and O–H groups in total. The van der Waals surface area contributed by atoms with Crippen LogP contribution in [0.4, 0.5) is 17.1 Å². The second-order valence-electron chi connectivity index (χ2n) is 5.97. The van der Waals surface area contributed by atoms with Gasteiger partial charge >= 0.3 is 0 Å². The second-order valence-corrected chi connectivity index (χ2v) is 6.40.